The number of imidazole rings is 1. The average molecular weight is 281 g/mol. The van der Waals surface area contributed by atoms with Gasteiger partial charge in [-0.1, -0.05) is 0 Å². The Hall–Kier alpha value is -1.62. The average Bonchev–Trinajstić information content (AvgIpc) is 2.70. The maximum Gasteiger partial charge on any atom is 0.217 e. The molecule has 5 nitrogen and oxygen atoms in total. The number of carbonyl (C=O) groups excluding carboxylic acids is 1. The number of primary amides is 1. The zero-order valence-corrected chi connectivity index (χ0v) is 11.8. The van der Waals surface area contributed by atoms with E-state index >= 15 is 0 Å². The smallest absolute Gasteiger partial charge is 0.217 e. The van der Waals surface area contributed by atoms with Crippen molar-refractivity contribution in [3.63, 3.8) is 0 Å². The van der Waals surface area contributed by atoms with E-state index in [1.807, 2.05) is 24.5 Å². The maximum absolute atomic E-state index is 10.8. The standard InChI is InChI=1S/C13H17ClN4O/c1-8-5-6-16-13-11(8)17-12(9(2)14)18(13)7-3-4-10(15)19/h5-6,9H,3-4,7H2,1-2H3,(H2,15,19). The number of rotatable bonds is 5. The van der Waals surface area contributed by atoms with Gasteiger partial charge in [-0.2, -0.15) is 0 Å². The summed E-state index contributed by atoms with van der Waals surface area (Å²) in [7, 11) is 0. The molecule has 1 unspecified atom stereocenters. The van der Waals surface area contributed by atoms with Gasteiger partial charge in [0.05, 0.1) is 5.38 Å². The van der Waals surface area contributed by atoms with Crippen LogP contribution in [0.1, 0.15) is 36.5 Å². The number of fused-ring (bicyclic) bond motifs is 1. The van der Waals surface area contributed by atoms with Gasteiger partial charge in [-0.15, -0.1) is 11.6 Å². The minimum atomic E-state index is -0.297. The Kier molecular flexibility index (Phi) is 4.04. The molecule has 0 aliphatic heterocycles. The monoisotopic (exact) mass is 280 g/mol. The van der Waals surface area contributed by atoms with Gasteiger partial charge >= 0.3 is 0 Å². The lowest BCUT2D eigenvalue weighted by Gasteiger charge is -2.09. The van der Waals surface area contributed by atoms with Crippen molar-refractivity contribution in [1.82, 2.24) is 14.5 Å². The highest BCUT2D eigenvalue weighted by Crippen LogP contribution is 2.25. The van der Waals surface area contributed by atoms with Crippen LogP contribution in [0.4, 0.5) is 0 Å². The summed E-state index contributed by atoms with van der Waals surface area (Å²) >= 11 is 6.17. The van der Waals surface area contributed by atoms with E-state index in [1.54, 1.807) is 6.20 Å². The first-order valence-electron chi connectivity index (χ1n) is 6.25. The fourth-order valence-corrected chi connectivity index (χ4v) is 2.26. The van der Waals surface area contributed by atoms with Gasteiger partial charge < -0.3 is 10.3 Å². The third kappa shape index (κ3) is 2.87. The Balaban J connectivity index is 2.41. The van der Waals surface area contributed by atoms with Gasteiger partial charge in [0.1, 0.15) is 11.3 Å². The summed E-state index contributed by atoms with van der Waals surface area (Å²) in [6.45, 7) is 4.51. The van der Waals surface area contributed by atoms with Gasteiger partial charge in [-0.05, 0) is 31.9 Å². The molecular weight excluding hydrogens is 264 g/mol. The lowest BCUT2D eigenvalue weighted by atomic mass is 10.2. The lowest BCUT2D eigenvalue weighted by Crippen LogP contribution is -2.12. The molecule has 2 N–H and O–H groups in total. The second-order valence-corrected chi connectivity index (χ2v) is 5.26. The Morgan fingerprint density at radius 3 is 2.95 bits per heavy atom. The number of nitrogens with two attached hydrogens (primary N) is 1. The molecule has 0 bridgehead atoms. The van der Waals surface area contributed by atoms with Crippen LogP contribution >= 0.6 is 11.6 Å². The molecule has 0 spiro atoms. The van der Waals surface area contributed by atoms with Crippen LogP contribution in [-0.4, -0.2) is 20.4 Å². The molecule has 0 fully saturated rings. The zero-order valence-electron chi connectivity index (χ0n) is 11.1. The molecule has 0 aliphatic rings. The number of hydrogen-bond donors (Lipinski definition) is 1. The van der Waals surface area contributed by atoms with Gasteiger partial charge in [-0.3, -0.25) is 4.79 Å². The molecule has 2 aromatic rings. The normalized spacial score (nSPS) is 12.8. The highest BCUT2D eigenvalue weighted by Gasteiger charge is 2.16. The van der Waals surface area contributed by atoms with Crippen molar-refractivity contribution in [2.24, 2.45) is 5.73 Å². The van der Waals surface area contributed by atoms with Crippen LogP contribution in [0.25, 0.3) is 11.2 Å². The van der Waals surface area contributed by atoms with Crippen molar-refractivity contribution in [3.8, 4) is 0 Å². The van der Waals surface area contributed by atoms with E-state index in [9.17, 15) is 4.79 Å². The largest absolute Gasteiger partial charge is 0.370 e. The van der Waals surface area contributed by atoms with E-state index < -0.39 is 0 Å². The van der Waals surface area contributed by atoms with E-state index in [0.717, 1.165) is 22.6 Å². The molecule has 0 aromatic carbocycles. The number of aromatic nitrogens is 3. The SMILES string of the molecule is Cc1ccnc2c1nc(C(C)Cl)n2CCCC(N)=O. The number of nitrogens with zero attached hydrogens (tertiary/aromatic N) is 3. The zero-order chi connectivity index (χ0) is 14.0. The molecule has 6 heteroatoms. The third-order valence-electron chi connectivity index (χ3n) is 3.03. The Labute approximate surface area is 116 Å². The van der Waals surface area contributed by atoms with Gasteiger partial charge in [0.25, 0.3) is 0 Å². The molecule has 0 radical (unpaired) electrons. The molecular formula is C13H17ClN4O. The van der Waals surface area contributed by atoms with E-state index in [0.29, 0.717) is 19.4 Å². The molecule has 0 saturated heterocycles. The van der Waals surface area contributed by atoms with Crippen molar-refractivity contribution >= 4 is 28.7 Å². The van der Waals surface area contributed by atoms with Gasteiger partial charge in [-0.25, -0.2) is 9.97 Å². The molecule has 2 heterocycles. The van der Waals surface area contributed by atoms with Gasteiger partial charge in [0, 0.05) is 19.2 Å². The summed E-state index contributed by atoms with van der Waals surface area (Å²) in [5.41, 5.74) is 7.90. The van der Waals surface area contributed by atoms with Crippen molar-refractivity contribution in [3.05, 3.63) is 23.7 Å². The predicted octanol–water partition coefficient (Wildman–Crippen LogP) is 2.31. The van der Waals surface area contributed by atoms with Crippen molar-refractivity contribution in [2.45, 2.75) is 38.6 Å². The number of alkyl halides is 1. The molecule has 1 atom stereocenters. The number of carbonyl (C=O) groups is 1. The number of amides is 1. The predicted molar refractivity (Wildman–Crippen MR) is 75.0 cm³/mol. The minimum Gasteiger partial charge on any atom is -0.370 e. The van der Waals surface area contributed by atoms with Crippen LogP contribution in [0.2, 0.25) is 0 Å². The second-order valence-electron chi connectivity index (χ2n) is 4.61. The van der Waals surface area contributed by atoms with Crippen LogP contribution in [-0.2, 0) is 11.3 Å². The van der Waals surface area contributed by atoms with Gasteiger partial charge in [0.15, 0.2) is 5.65 Å². The number of halogens is 1. The van der Waals surface area contributed by atoms with Crippen molar-refractivity contribution < 1.29 is 4.79 Å². The first-order chi connectivity index (χ1) is 9.00. The first kappa shape index (κ1) is 13.8. The summed E-state index contributed by atoms with van der Waals surface area (Å²) in [4.78, 5) is 19.8. The molecule has 102 valence electrons. The van der Waals surface area contributed by atoms with Crippen molar-refractivity contribution in [1.29, 1.82) is 0 Å². The summed E-state index contributed by atoms with van der Waals surface area (Å²) < 4.78 is 1.98. The van der Waals surface area contributed by atoms with E-state index in [2.05, 4.69) is 9.97 Å². The van der Waals surface area contributed by atoms with Crippen LogP contribution in [0.3, 0.4) is 0 Å². The Morgan fingerprint density at radius 1 is 1.58 bits per heavy atom. The highest BCUT2D eigenvalue weighted by molar-refractivity contribution is 6.20. The lowest BCUT2D eigenvalue weighted by molar-refractivity contribution is -0.118. The summed E-state index contributed by atoms with van der Waals surface area (Å²) in [5.74, 6) is 0.483. The molecule has 2 rings (SSSR count). The van der Waals surface area contributed by atoms with Crippen LogP contribution < -0.4 is 5.73 Å². The third-order valence-corrected chi connectivity index (χ3v) is 3.22. The maximum atomic E-state index is 10.8. The molecule has 0 saturated carbocycles. The number of aryl methyl sites for hydroxylation is 2. The van der Waals surface area contributed by atoms with Crippen LogP contribution in [0, 0.1) is 6.92 Å². The summed E-state index contributed by atoms with van der Waals surface area (Å²) in [6, 6.07) is 1.92. The molecule has 1 amide bonds. The molecule has 0 aliphatic carbocycles. The second kappa shape index (κ2) is 5.57. The number of pyridine rings is 1. The summed E-state index contributed by atoms with van der Waals surface area (Å²) in [6.07, 6.45) is 2.77. The number of hydrogen-bond acceptors (Lipinski definition) is 3. The molecule has 19 heavy (non-hydrogen) atoms. The summed E-state index contributed by atoms with van der Waals surface area (Å²) in [5, 5.41) is -0.206. The molecule has 2 aromatic heterocycles. The van der Waals surface area contributed by atoms with E-state index in [-0.39, 0.29) is 11.3 Å². The topological polar surface area (TPSA) is 73.8 Å². The Morgan fingerprint density at radius 2 is 2.32 bits per heavy atom. The highest BCUT2D eigenvalue weighted by atomic mass is 35.5. The Bertz CT molecular complexity index is 606. The van der Waals surface area contributed by atoms with Crippen molar-refractivity contribution in [2.75, 3.05) is 0 Å². The minimum absolute atomic E-state index is 0.206. The van der Waals surface area contributed by atoms with E-state index in [4.69, 9.17) is 17.3 Å². The van der Waals surface area contributed by atoms with Crippen LogP contribution in [0.15, 0.2) is 12.3 Å². The van der Waals surface area contributed by atoms with E-state index in [1.165, 1.54) is 0 Å². The van der Waals surface area contributed by atoms with Crippen LogP contribution in [0.5, 0.6) is 0 Å². The quantitative estimate of drug-likeness (QED) is 0.854. The fraction of sp³-hybridized carbons (Fsp3) is 0.462. The first-order valence-corrected chi connectivity index (χ1v) is 6.68. The van der Waals surface area contributed by atoms with Gasteiger partial charge in [0.2, 0.25) is 5.91 Å². The fourth-order valence-electron chi connectivity index (χ4n) is 2.09.